The van der Waals surface area contributed by atoms with Crippen LogP contribution in [0, 0.1) is 24.2 Å². The average molecular weight is 391 g/mol. The SMILES string of the molecule is Cc1ccc(/C=C/C(=O)OCC(=O)N[C@](C)(C#N)C2CC2)c(Br)c1. The zero-order valence-corrected chi connectivity index (χ0v) is 15.2. The second-order valence-corrected chi connectivity index (χ2v) is 6.96. The highest BCUT2D eigenvalue weighted by Gasteiger charge is 2.43. The normalized spacial score (nSPS) is 16.2. The number of esters is 1. The molecule has 0 aliphatic heterocycles. The lowest BCUT2D eigenvalue weighted by atomic mass is 9.98. The van der Waals surface area contributed by atoms with E-state index in [-0.39, 0.29) is 5.92 Å². The molecule has 0 aromatic heterocycles. The summed E-state index contributed by atoms with van der Waals surface area (Å²) < 4.78 is 5.79. The van der Waals surface area contributed by atoms with Gasteiger partial charge >= 0.3 is 5.97 Å². The number of hydrogen-bond donors (Lipinski definition) is 1. The highest BCUT2D eigenvalue weighted by atomic mass is 79.9. The van der Waals surface area contributed by atoms with Crippen molar-refractivity contribution in [1.82, 2.24) is 5.32 Å². The highest BCUT2D eigenvalue weighted by Crippen LogP contribution is 2.39. The van der Waals surface area contributed by atoms with Crippen LogP contribution in [0.25, 0.3) is 6.08 Å². The van der Waals surface area contributed by atoms with E-state index in [1.54, 1.807) is 13.0 Å². The number of carbonyl (C=O) groups excluding carboxylic acids is 2. The Bertz CT molecular complexity index is 719. The number of halogens is 1. The Kier molecular flexibility index (Phi) is 5.79. The number of amides is 1. The van der Waals surface area contributed by atoms with Crippen LogP contribution in [0.1, 0.15) is 30.9 Å². The van der Waals surface area contributed by atoms with E-state index in [2.05, 4.69) is 27.3 Å². The van der Waals surface area contributed by atoms with Gasteiger partial charge in [-0.05, 0) is 55.9 Å². The van der Waals surface area contributed by atoms with Gasteiger partial charge in [-0.2, -0.15) is 5.26 Å². The van der Waals surface area contributed by atoms with Crippen LogP contribution in [0.4, 0.5) is 0 Å². The van der Waals surface area contributed by atoms with Crippen LogP contribution in [0.2, 0.25) is 0 Å². The van der Waals surface area contributed by atoms with Crippen molar-refractivity contribution in [3.63, 3.8) is 0 Å². The number of nitrogens with one attached hydrogen (secondary N) is 1. The average Bonchev–Trinajstić information content (AvgIpc) is 3.37. The van der Waals surface area contributed by atoms with Crippen molar-refractivity contribution in [3.05, 3.63) is 39.9 Å². The second-order valence-electron chi connectivity index (χ2n) is 6.10. The molecule has 24 heavy (non-hydrogen) atoms. The quantitative estimate of drug-likeness (QED) is 0.597. The number of carbonyl (C=O) groups is 2. The number of nitriles is 1. The summed E-state index contributed by atoms with van der Waals surface area (Å²) >= 11 is 3.42. The molecule has 2 rings (SSSR count). The summed E-state index contributed by atoms with van der Waals surface area (Å²) in [4.78, 5) is 23.6. The summed E-state index contributed by atoms with van der Waals surface area (Å²) in [5, 5.41) is 11.8. The minimum absolute atomic E-state index is 0.181. The van der Waals surface area contributed by atoms with E-state index in [1.165, 1.54) is 6.08 Å². The molecule has 0 bridgehead atoms. The maximum absolute atomic E-state index is 11.8. The third kappa shape index (κ3) is 4.93. The minimum atomic E-state index is -0.883. The van der Waals surface area contributed by atoms with Gasteiger partial charge in [-0.3, -0.25) is 4.79 Å². The van der Waals surface area contributed by atoms with Gasteiger partial charge in [0.2, 0.25) is 0 Å². The van der Waals surface area contributed by atoms with Gasteiger partial charge in [0.05, 0.1) is 6.07 Å². The first-order valence-electron chi connectivity index (χ1n) is 7.67. The molecule has 1 saturated carbocycles. The van der Waals surface area contributed by atoms with Crippen LogP contribution in [-0.2, 0) is 14.3 Å². The largest absolute Gasteiger partial charge is 0.452 e. The first-order chi connectivity index (χ1) is 11.3. The fourth-order valence-corrected chi connectivity index (χ4v) is 2.94. The third-order valence-corrected chi connectivity index (χ3v) is 4.61. The van der Waals surface area contributed by atoms with Crippen molar-refractivity contribution in [2.75, 3.05) is 6.61 Å². The number of nitrogens with zero attached hydrogens (tertiary/aromatic N) is 1. The standard InChI is InChI=1S/C18H19BrN2O3/c1-12-3-4-13(15(19)9-12)5-8-17(23)24-10-16(22)21-18(2,11-20)14-6-7-14/h3-5,8-9,14H,6-7,10H2,1-2H3,(H,21,22)/b8-5+/t18-/m1/s1. The van der Waals surface area contributed by atoms with E-state index in [4.69, 9.17) is 4.74 Å². The van der Waals surface area contributed by atoms with Crippen LogP contribution in [-0.4, -0.2) is 24.0 Å². The molecule has 0 heterocycles. The monoisotopic (exact) mass is 390 g/mol. The maximum Gasteiger partial charge on any atom is 0.331 e. The Morgan fingerprint density at radius 3 is 2.79 bits per heavy atom. The molecule has 1 fully saturated rings. The molecule has 1 aromatic carbocycles. The van der Waals surface area contributed by atoms with Gasteiger partial charge in [0, 0.05) is 10.5 Å². The van der Waals surface area contributed by atoms with E-state index >= 15 is 0 Å². The van der Waals surface area contributed by atoms with Crippen molar-refractivity contribution in [2.24, 2.45) is 5.92 Å². The van der Waals surface area contributed by atoms with Crippen molar-refractivity contribution in [3.8, 4) is 6.07 Å². The second kappa shape index (κ2) is 7.63. The molecule has 1 N–H and O–H groups in total. The van der Waals surface area contributed by atoms with Gasteiger partial charge in [0.1, 0.15) is 5.54 Å². The van der Waals surface area contributed by atoms with Crippen LogP contribution < -0.4 is 5.32 Å². The predicted molar refractivity (Wildman–Crippen MR) is 93.8 cm³/mol. The number of aryl methyl sites for hydroxylation is 1. The summed E-state index contributed by atoms with van der Waals surface area (Å²) in [6.45, 7) is 3.27. The van der Waals surface area contributed by atoms with Gasteiger partial charge in [0.25, 0.3) is 5.91 Å². The Hall–Kier alpha value is -2.13. The van der Waals surface area contributed by atoms with Gasteiger partial charge in [0.15, 0.2) is 6.61 Å². The molecule has 1 aliphatic carbocycles. The molecule has 0 radical (unpaired) electrons. The van der Waals surface area contributed by atoms with Crippen LogP contribution >= 0.6 is 15.9 Å². The van der Waals surface area contributed by atoms with Gasteiger partial charge in [-0.1, -0.05) is 28.1 Å². The van der Waals surface area contributed by atoms with Crippen molar-refractivity contribution in [1.29, 1.82) is 5.26 Å². The fraction of sp³-hybridized carbons (Fsp3) is 0.389. The molecule has 1 aromatic rings. The number of rotatable bonds is 6. The van der Waals surface area contributed by atoms with E-state index < -0.39 is 24.0 Å². The molecule has 0 saturated heterocycles. The molecule has 126 valence electrons. The van der Waals surface area contributed by atoms with E-state index in [9.17, 15) is 14.9 Å². The Balaban J connectivity index is 1.83. The lowest BCUT2D eigenvalue weighted by molar-refractivity contribution is -0.144. The van der Waals surface area contributed by atoms with Gasteiger partial charge in [-0.25, -0.2) is 4.79 Å². The number of benzene rings is 1. The topological polar surface area (TPSA) is 79.2 Å². The first-order valence-corrected chi connectivity index (χ1v) is 8.46. The number of ether oxygens (including phenoxy) is 1. The highest BCUT2D eigenvalue weighted by molar-refractivity contribution is 9.10. The molecule has 1 aliphatic rings. The summed E-state index contributed by atoms with van der Waals surface area (Å²) in [6.07, 6.45) is 4.75. The lowest BCUT2D eigenvalue weighted by Crippen LogP contribution is -2.48. The van der Waals surface area contributed by atoms with Crippen LogP contribution in [0.15, 0.2) is 28.7 Å². The van der Waals surface area contributed by atoms with Crippen molar-refractivity contribution < 1.29 is 14.3 Å². The molecule has 0 spiro atoms. The molecular formula is C18H19BrN2O3. The van der Waals surface area contributed by atoms with Crippen LogP contribution in [0.3, 0.4) is 0 Å². The van der Waals surface area contributed by atoms with E-state index in [1.807, 2.05) is 25.1 Å². The first kappa shape index (κ1) is 18.2. The van der Waals surface area contributed by atoms with Crippen molar-refractivity contribution >= 4 is 33.9 Å². The van der Waals surface area contributed by atoms with E-state index in [0.717, 1.165) is 28.4 Å². The smallest absolute Gasteiger partial charge is 0.331 e. The number of hydrogen-bond acceptors (Lipinski definition) is 4. The van der Waals surface area contributed by atoms with Crippen LogP contribution in [0.5, 0.6) is 0 Å². The predicted octanol–water partition coefficient (Wildman–Crippen LogP) is 3.12. The molecule has 1 amide bonds. The Morgan fingerprint density at radius 2 is 2.21 bits per heavy atom. The minimum Gasteiger partial charge on any atom is -0.452 e. The zero-order chi connectivity index (χ0) is 17.7. The van der Waals surface area contributed by atoms with Gasteiger partial charge < -0.3 is 10.1 Å². The molecule has 6 heteroatoms. The Labute approximate surface area is 149 Å². The summed E-state index contributed by atoms with van der Waals surface area (Å²) in [5.74, 6) is -0.896. The van der Waals surface area contributed by atoms with Gasteiger partial charge in [-0.15, -0.1) is 0 Å². The molecule has 1 atom stereocenters. The van der Waals surface area contributed by atoms with E-state index in [0.29, 0.717) is 0 Å². The summed E-state index contributed by atoms with van der Waals surface area (Å²) in [5.41, 5.74) is 1.06. The summed E-state index contributed by atoms with van der Waals surface area (Å²) in [6, 6.07) is 7.88. The summed E-state index contributed by atoms with van der Waals surface area (Å²) in [7, 11) is 0. The molecular weight excluding hydrogens is 372 g/mol. The molecule has 5 nitrogen and oxygen atoms in total. The Morgan fingerprint density at radius 1 is 1.50 bits per heavy atom. The van der Waals surface area contributed by atoms with Crippen molar-refractivity contribution in [2.45, 2.75) is 32.2 Å². The molecule has 0 unspecified atom stereocenters. The zero-order valence-electron chi connectivity index (χ0n) is 13.6. The third-order valence-electron chi connectivity index (χ3n) is 3.93. The fourth-order valence-electron chi connectivity index (χ4n) is 2.32. The lowest BCUT2D eigenvalue weighted by Gasteiger charge is -2.22. The maximum atomic E-state index is 11.8.